The first-order valence-corrected chi connectivity index (χ1v) is 11.9. The van der Waals surface area contributed by atoms with E-state index in [9.17, 15) is 9.59 Å². The van der Waals surface area contributed by atoms with Crippen LogP contribution in [0.2, 0.25) is 18.1 Å². The van der Waals surface area contributed by atoms with Gasteiger partial charge in [0.1, 0.15) is 6.04 Å². The van der Waals surface area contributed by atoms with Crippen LogP contribution < -0.4 is 5.48 Å². The van der Waals surface area contributed by atoms with E-state index in [2.05, 4.69) is 45.9 Å². The summed E-state index contributed by atoms with van der Waals surface area (Å²) in [5, 5.41) is 0.0419. The minimum Gasteiger partial charge on any atom is -0.468 e. The fourth-order valence-electron chi connectivity index (χ4n) is 2.72. The van der Waals surface area contributed by atoms with Gasteiger partial charge in [0.15, 0.2) is 8.32 Å². The Morgan fingerprint density at radius 2 is 2.08 bits per heavy atom. The highest BCUT2D eigenvalue weighted by Gasteiger charge is 2.45. The summed E-state index contributed by atoms with van der Waals surface area (Å²) in [5.41, 5.74) is 3.03. The van der Waals surface area contributed by atoms with E-state index in [0.29, 0.717) is 19.6 Å². The number of piperidine rings is 1. The van der Waals surface area contributed by atoms with Gasteiger partial charge in [-0.3, -0.25) is 9.63 Å². The molecule has 0 radical (unpaired) electrons. The molecule has 0 saturated carbocycles. The molecule has 1 aliphatic rings. The van der Waals surface area contributed by atoms with Crippen molar-refractivity contribution in [1.82, 2.24) is 10.3 Å². The van der Waals surface area contributed by atoms with E-state index < -0.39 is 14.4 Å². The van der Waals surface area contributed by atoms with Crippen molar-refractivity contribution in [2.45, 2.75) is 63.5 Å². The monoisotopic (exact) mass is 384 g/mol. The lowest BCUT2D eigenvalue weighted by Gasteiger charge is -2.47. The molecule has 3 atom stereocenters. The number of hydrogen-bond acceptors (Lipinski definition) is 7. The predicted octanol–water partition coefficient (Wildman–Crippen LogP) is 1.24. The van der Waals surface area contributed by atoms with E-state index in [1.54, 1.807) is 10.9 Å². The van der Waals surface area contributed by atoms with Crippen molar-refractivity contribution in [3.05, 3.63) is 12.7 Å². The van der Waals surface area contributed by atoms with Crippen molar-refractivity contribution in [3.8, 4) is 0 Å². The minimum atomic E-state index is -2.05. The van der Waals surface area contributed by atoms with Crippen LogP contribution in [0.4, 0.5) is 0 Å². The Bertz CT molecular complexity index is 498. The molecule has 0 amide bonds. The van der Waals surface area contributed by atoms with E-state index in [0.717, 1.165) is 6.19 Å². The summed E-state index contributed by atoms with van der Waals surface area (Å²) in [7, 11) is -0.530. The van der Waals surface area contributed by atoms with Crippen molar-refractivity contribution < 1.29 is 23.6 Å². The van der Waals surface area contributed by atoms with Crippen LogP contribution in [0, 0.1) is 0 Å². The summed E-state index contributed by atoms with van der Waals surface area (Å²) in [5.74, 6) is -0.346. The second-order valence-electron chi connectivity index (χ2n) is 8.14. The second kappa shape index (κ2) is 9.80. The van der Waals surface area contributed by atoms with Gasteiger partial charge in [0, 0.05) is 6.54 Å². The highest BCUT2D eigenvalue weighted by Crippen LogP contribution is 2.39. The number of methoxy groups -OCH3 is 1. The number of esters is 1. The fourth-order valence-corrected chi connectivity index (χ4v) is 4.09. The van der Waals surface area contributed by atoms with E-state index in [1.165, 1.54) is 7.11 Å². The zero-order valence-corrected chi connectivity index (χ0v) is 17.9. The molecule has 1 N–H and O–H groups in total. The van der Waals surface area contributed by atoms with Gasteiger partial charge in [0.25, 0.3) is 7.41 Å². The van der Waals surface area contributed by atoms with Crippen molar-refractivity contribution in [2.75, 3.05) is 20.3 Å². The fraction of sp³-hybridized carbons (Fsp3) is 0.765. The van der Waals surface area contributed by atoms with Gasteiger partial charge in [-0.2, -0.15) is 5.48 Å². The predicted molar refractivity (Wildman–Crippen MR) is 106 cm³/mol. The molecule has 1 saturated heterocycles. The summed E-state index contributed by atoms with van der Waals surface area (Å²) in [4.78, 5) is 30.5. The molecule has 148 valence electrons. The van der Waals surface area contributed by atoms with Crippen LogP contribution >= 0.6 is 0 Å². The van der Waals surface area contributed by atoms with Gasteiger partial charge in [0.05, 0.1) is 32.0 Å². The SMILES string of the molecule is C=CCON[C@H]1CN(BC=O)[C@H](C(=O)OC)C[C@@H]1O[Si](C)(C)C(C)(C)C. The maximum Gasteiger partial charge on any atom is 0.322 e. The molecule has 1 rings (SSSR count). The topological polar surface area (TPSA) is 77.1 Å². The zero-order valence-electron chi connectivity index (χ0n) is 16.9. The van der Waals surface area contributed by atoms with Crippen molar-refractivity contribution >= 4 is 27.9 Å². The van der Waals surface area contributed by atoms with Crippen molar-refractivity contribution in [3.63, 3.8) is 0 Å². The van der Waals surface area contributed by atoms with Gasteiger partial charge >= 0.3 is 5.97 Å². The standard InChI is InChI=1S/C17H33BN2O5Si/c1-8-9-24-19-13-11-20(18-12-21)14(16(22)23-5)10-15(13)25-26(6,7)17(2,3)4/h8,12-15,18-19H,1,9-11H2,2-7H3/t13-,14-,15-/m0/s1. The largest absolute Gasteiger partial charge is 0.468 e. The third kappa shape index (κ3) is 6.02. The van der Waals surface area contributed by atoms with Crippen LogP contribution in [-0.4, -0.2) is 71.1 Å². The lowest BCUT2D eigenvalue weighted by atomic mass is 9.84. The molecule has 0 aliphatic carbocycles. The molecule has 0 bridgehead atoms. The average Bonchev–Trinajstić information content (AvgIpc) is 2.55. The molecule has 0 spiro atoms. The Kier molecular flexibility index (Phi) is 8.68. The summed E-state index contributed by atoms with van der Waals surface area (Å²) in [6, 6.07) is -0.664. The number of rotatable bonds is 9. The van der Waals surface area contributed by atoms with Crippen molar-refractivity contribution in [2.24, 2.45) is 0 Å². The zero-order chi connectivity index (χ0) is 20.0. The number of ether oxygens (including phenoxy) is 1. The summed E-state index contributed by atoms with van der Waals surface area (Å²) >= 11 is 0. The average molecular weight is 384 g/mol. The molecule has 0 aromatic rings. The molecule has 0 aromatic carbocycles. The molecule has 0 unspecified atom stereocenters. The maximum absolute atomic E-state index is 12.2. The first-order valence-electron chi connectivity index (χ1n) is 8.99. The molecule has 1 fully saturated rings. The van der Waals surface area contributed by atoms with Gasteiger partial charge in [0.2, 0.25) is 0 Å². The van der Waals surface area contributed by atoms with Crippen LogP contribution in [0.15, 0.2) is 12.7 Å². The number of hydrogen-bond donors (Lipinski definition) is 1. The van der Waals surface area contributed by atoms with Gasteiger partial charge in [-0.15, -0.1) is 6.58 Å². The van der Waals surface area contributed by atoms with Gasteiger partial charge in [-0.25, -0.2) is 0 Å². The number of carbonyl (C=O) groups excluding carboxylic acids is 2. The summed E-state index contributed by atoms with van der Waals surface area (Å²) in [6.45, 7) is 15.3. The Morgan fingerprint density at radius 1 is 1.42 bits per heavy atom. The highest BCUT2D eigenvalue weighted by atomic mass is 28.4. The normalized spacial score (nSPS) is 24.8. The smallest absolute Gasteiger partial charge is 0.322 e. The number of hydroxylamine groups is 1. The Hall–Kier alpha value is -0.998. The summed E-state index contributed by atoms with van der Waals surface area (Å²) in [6.07, 6.45) is 2.68. The van der Waals surface area contributed by atoms with Crippen LogP contribution in [-0.2, 0) is 23.6 Å². The molecule has 9 heteroatoms. The molecule has 0 aromatic heterocycles. The molecule has 26 heavy (non-hydrogen) atoms. The second-order valence-corrected chi connectivity index (χ2v) is 12.9. The first-order chi connectivity index (χ1) is 12.1. The van der Waals surface area contributed by atoms with E-state index in [-0.39, 0.29) is 30.6 Å². The molecule has 7 nitrogen and oxygen atoms in total. The first kappa shape index (κ1) is 23.0. The van der Waals surface area contributed by atoms with Crippen LogP contribution in [0.25, 0.3) is 0 Å². The Labute approximate surface area is 158 Å². The van der Waals surface area contributed by atoms with Gasteiger partial charge in [-0.1, -0.05) is 26.8 Å². The van der Waals surface area contributed by atoms with Gasteiger partial charge < -0.3 is 18.8 Å². The number of nitrogens with one attached hydrogen (secondary N) is 1. The van der Waals surface area contributed by atoms with Crippen LogP contribution in [0.3, 0.4) is 0 Å². The van der Waals surface area contributed by atoms with Crippen molar-refractivity contribution in [1.29, 1.82) is 0 Å². The number of nitrogens with zero attached hydrogens (tertiary/aromatic N) is 1. The highest BCUT2D eigenvalue weighted by molar-refractivity contribution is 6.74. The van der Waals surface area contributed by atoms with Crippen LogP contribution in [0.1, 0.15) is 27.2 Å². The molecule has 1 aliphatic heterocycles. The third-order valence-electron chi connectivity index (χ3n) is 5.25. The quantitative estimate of drug-likeness (QED) is 0.160. The van der Waals surface area contributed by atoms with Gasteiger partial charge in [-0.05, 0) is 24.6 Å². The number of carbonyl (C=O) groups is 2. The summed E-state index contributed by atoms with van der Waals surface area (Å²) < 4.78 is 11.5. The minimum absolute atomic E-state index is 0.0419. The van der Waals surface area contributed by atoms with Crippen LogP contribution in [0.5, 0.6) is 0 Å². The lowest BCUT2D eigenvalue weighted by Crippen LogP contribution is -2.63. The molecule has 1 heterocycles. The van der Waals surface area contributed by atoms with E-state index >= 15 is 0 Å². The van der Waals surface area contributed by atoms with E-state index in [1.807, 2.05) is 0 Å². The Balaban J connectivity index is 3.03. The lowest BCUT2D eigenvalue weighted by molar-refractivity contribution is -0.149. The maximum atomic E-state index is 12.2. The molecular formula is C17H33BN2O5Si. The molecular weight excluding hydrogens is 351 g/mol. The van der Waals surface area contributed by atoms with E-state index in [4.69, 9.17) is 14.0 Å². The third-order valence-corrected chi connectivity index (χ3v) is 9.75. The Morgan fingerprint density at radius 3 is 2.58 bits per heavy atom.